The second-order valence-corrected chi connectivity index (χ2v) is 6.33. The smallest absolute Gasteiger partial charge is 0.123 e. The van der Waals surface area contributed by atoms with Gasteiger partial charge in [0.05, 0.1) is 15.2 Å². The molecule has 0 fully saturated rings. The van der Waals surface area contributed by atoms with Gasteiger partial charge in [0.15, 0.2) is 0 Å². The molecule has 4 heteroatoms. The maximum atomic E-state index is 12.9. The van der Waals surface area contributed by atoms with E-state index in [1.165, 1.54) is 16.8 Å². The number of thiazole rings is 1. The fourth-order valence-corrected chi connectivity index (χ4v) is 3.53. The van der Waals surface area contributed by atoms with Gasteiger partial charge in [-0.2, -0.15) is 0 Å². The van der Waals surface area contributed by atoms with Gasteiger partial charge in [-0.15, -0.1) is 11.3 Å². The van der Waals surface area contributed by atoms with Crippen LogP contribution in [0.15, 0.2) is 48.5 Å². The summed E-state index contributed by atoms with van der Waals surface area (Å²) in [6.45, 7) is 0.604. The molecule has 1 heterocycles. The summed E-state index contributed by atoms with van der Waals surface area (Å²) in [5.74, 6) is 0.130. The molecule has 2 nitrogen and oxygen atoms in total. The minimum atomic E-state index is -0.200. The van der Waals surface area contributed by atoms with Crippen LogP contribution in [0.25, 0.3) is 10.2 Å². The maximum Gasteiger partial charge on any atom is 0.123 e. The minimum absolute atomic E-state index is 0.200. The van der Waals surface area contributed by atoms with E-state index in [9.17, 15) is 4.39 Å². The second-order valence-electron chi connectivity index (χ2n) is 5.21. The number of hydrogen-bond donors (Lipinski definition) is 1. The van der Waals surface area contributed by atoms with E-state index in [-0.39, 0.29) is 5.82 Å². The number of benzene rings is 2. The van der Waals surface area contributed by atoms with Gasteiger partial charge in [-0.3, -0.25) is 0 Å². The Bertz CT molecular complexity index is 688. The van der Waals surface area contributed by atoms with E-state index in [0.717, 1.165) is 28.9 Å². The molecule has 0 amide bonds. The fraction of sp³-hybridized carbons (Fsp3) is 0.235. The highest BCUT2D eigenvalue weighted by Crippen LogP contribution is 2.24. The number of halogens is 1. The SMILES string of the molecule is NCC(Cc1ccc(F)cc1)Cc1nc2ccccc2s1. The zero-order chi connectivity index (χ0) is 14.7. The first-order valence-corrected chi connectivity index (χ1v) is 7.85. The first kappa shape index (κ1) is 14.2. The molecule has 2 aromatic carbocycles. The van der Waals surface area contributed by atoms with Crippen molar-refractivity contribution in [2.45, 2.75) is 12.8 Å². The third-order valence-corrected chi connectivity index (χ3v) is 4.63. The zero-order valence-corrected chi connectivity index (χ0v) is 12.4. The minimum Gasteiger partial charge on any atom is -0.330 e. The molecule has 3 aromatic rings. The molecule has 0 saturated heterocycles. The molecule has 1 aromatic heterocycles. The summed E-state index contributed by atoms with van der Waals surface area (Å²) in [4.78, 5) is 4.66. The summed E-state index contributed by atoms with van der Waals surface area (Å²) in [7, 11) is 0. The van der Waals surface area contributed by atoms with Crippen LogP contribution in [0.1, 0.15) is 10.6 Å². The first-order valence-electron chi connectivity index (χ1n) is 7.03. The van der Waals surface area contributed by atoms with Gasteiger partial charge >= 0.3 is 0 Å². The van der Waals surface area contributed by atoms with Crippen LogP contribution in [0.5, 0.6) is 0 Å². The van der Waals surface area contributed by atoms with Crippen molar-refractivity contribution in [1.29, 1.82) is 0 Å². The molecule has 2 N–H and O–H groups in total. The molecule has 108 valence electrons. The highest BCUT2D eigenvalue weighted by molar-refractivity contribution is 7.18. The highest BCUT2D eigenvalue weighted by atomic mass is 32.1. The van der Waals surface area contributed by atoms with E-state index < -0.39 is 0 Å². The van der Waals surface area contributed by atoms with Crippen molar-refractivity contribution in [2.24, 2.45) is 11.7 Å². The van der Waals surface area contributed by atoms with Crippen LogP contribution in [-0.2, 0) is 12.8 Å². The molecule has 0 aliphatic carbocycles. The Morgan fingerprint density at radius 3 is 2.52 bits per heavy atom. The van der Waals surface area contributed by atoms with Crippen molar-refractivity contribution in [3.8, 4) is 0 Å². The Balaban J connectivity index is 1.73. The average molecular weight is 300 g/mol. The topological polar surface area (TPSA) is 38.9 Å². The van der Waals surface area contributed by atoms with Crippen LogP contribution in [-0.4, -0.2) is 11.5 Å². The second kappa shape index (κ2) is 6.33. The van der Waals surface area contributed by atoms with Crippen LogP contribution < -0.4 is 5.73 Å². The molecule has 0 radical (unpaired) electrons. The van der Waals surface area contributed by atoms with E-state index in [0.29, 0.717) is 12.5 Å². The van der Waals surface area contributed by atoms with Gasteiger partial charge in [0.1, 0.15) is 5.82 Å². The van der Waals surface area contributed by atoms with Gasteiger partial charge in [0, 0.05) is 6.42 Å². The molecule has 0 aliphatic rings. The molecule has 0 aliphatic heterocycles. The molecule has 0 saturated carbocycles. The molecule has 1 unspecified atom stereocenters. The Morgan fingerprint density at radius 2 is 1.81 bits per heavy atom. The lowest BCUT2D eigenvalue weighted by Crippen LogP contribution is -2.19. The molecule has 3 rings (SSSR count). The van der Waals surface area contributed by atoms with Crippen LogP contribution in [0.2, 0.25) is 0 Å². The first-order chi connectivity index (χ1) is 10.2. The molecule has 0 spiro atoms. The number of nitrogens with zero attached hydrogens (tertiary/aromatic N) is 1. The molecule has 1 atom stereocenters. The van der Waals surface area contributed by atoms with E-state index in [1.807, 2.05) is 30.3 Å². The van der Waals surface area contributed by atoms with Crippen molar-refractivity contribution >= 4 is 21.6 Å². The van der Waals surface area contributed by atoms with Gasteiger partial charge in [-0.05, 0) is 48.7 Å². The number of hydrogen-bond acceptors (Lipinski definition) is 3. The summed E-state index contributed by atoms with van der Waals surface area (Å²) in [5, 5.41) is 1.12. The van der Waals surface area contributed by atoms with Crippen LogP contribution >= 0.6 is 11.3 Å². The van der Waals surface area contributed by atoms with Gasteiger partial charge in [0.2, 0.25) is 0 Å². The normalized spacial score (nSPS) is 12.7. The third kappa shape index (κ3) is 3.46. The van der Waals surface area contributed by atoms with Gasteiger partial charge in [0.25, 0.3) is 0 Å². The standard InChI is InChI=1S/C17H17FN2S/c18-14-7-5-12(6-8-14)9-13(11-19)10-17-20-15-3-1-2-4-16(15)21-17/h1-8,13H,9-11,19H2. The van der Waals surface area contributed by atoms with Crippen molar-refractivity contribution in [1.82, 2.24) is 4.98 Å². The van der Waals surface area contributed by atoms with E-state index in [1.54, 1.807) is 11.3 Å². The predicted octanol–water partition coefficient (Wildman–Crippen LogP) is 3.80. The number of para-hydroxylation sites is 1. The van der Waals surface area contributed by atoms with Crippen molar-refractivity contribution in [3.63, 3.8) is 0 Å². The largest absolute Gasteiger partial charge is 0.330 e. The van der Waals surface area contributed by atoms with Crippen LogP contribution in [0, 0.1) is 11.7 Å². The molecule has 0 bridgehead atoms. The summed E-state index contributed by atoms with van der Waals surface area (Å²) < 4.78 is 14.2. The number of rotatable bonds is 5. The Morgan fingerprint density at radius 1 is 1.05 bits per heavy atom. The van der Waals surface area contributed by atoms with Crippen molar-refractivity contribution in [2.75, 3.05) is 6.54 Å². The van der Waals surface area contributed by atoms with Gasteiger partial charge < -0.3 is 5.73 Å². The zero-order valence-electron chi connectivity index (χ0n) is 11.6. The summed E-state index contributed by atoms with van der Waals surface area (Å²) in [6.07, 6.45) is 1.72. The Kier molecular flexibility index (Phi) is 4.27. The van der Waals surface area contributed by atoms with Gasteiger partial charge in [-0.25, -0.2) is 9.37 Å². The Labute approximate surface area is 127 Å². The Hall–Kier alpha value is -1.78. The third-order valence-electron chi connectivity index (χ3n) is 3.57. The molecular formula is C17H17FN2S. The quantitative estimate of drug-likeness (QED) is 0.778. The highest BCUT2D eigenvalue weighted by Gasteiger charge is 2.12. The monoisotopic (exact) mass is 300 g/mol. The van der Waals surface area contributed by atoms with E-state index in [2.05, 4.69) is 11.1 Å². The average Bonchev–Trinajstić information content (AvgIpc) is 2.91. The number of fused-ring (bicyclic) bond motifs is 1. The fourth-order valence-electron chi connectivity index (χ4n) is 2.45. The summed E-state index contributed by atoms with van der Waals surface area (Å²) >= 11 is 1.73. The lowest BCUT2D eigenvalue weighted by Gasteiger charge is -2.13. The number of nitrogens with two attached hydrogens (primary N) is 1. The lowest BCUT2D eigenvalue weighted by molar-refractivity contribution is 0.531. The van der Waals surface area contributed by atoms with E-state index in [4.69, 9.17) is 5.73 Å². The summed E-state index contributed by atoms with van der Waals surface area (Å²) in [6, 6.07) is 14.8. The maximum absolute atomic E-state index is 12.9. The van der Waals surface area contributed by atoms with Gasteiger partial charge in [-0.1, -0.05) is 24.3 Å². The molecular weight excluding hydrogens is 283 g/mol. The predicted molar refractivity (Wildman–Crippen MR) is 86.0 cm³/mol. The van der Waals surface area contributed by atoms with Crippen molar-refractivity contribution < 1.29 is 4.39 Å². The van der Waals surface area contributed by atoms with Crippen LogP contribution in [0.4, 0.5) is 4.39 Å². The van der Waals surface area contributed by atoms with E-state index >= 15 is 0 Å². The lowest BCUT2D eigenvalue weighted by atomic mass is 9.96. The summed E-state index contributed by atoms with van der Waals surface area (Å²) in [5.41, 5.74) is 8.06. The van der Waals surface area contributed by atoms with Crippen LogP contribution in [0.3, 0.4) is 0 Å². The number of aromatic nitrogens is 1. The molecule has 21 heavy (non-hydrogen) atoms. The van der Waals surface area contributed by atoms with Crippen molar-refractivity contribution in [3.05, 3.63) is 64.9 Å².